The summed E-state index contributed by atoms with van der Waals surface area (Å²) in [6.07, 6.45) is -0.581. The Labute approximate surface area is 117 Å². The fraction of sp³-hybridized carbons (Fsp3) is 0.750. The number of halogens is 3. The minimum Gasteiger partial charge on any atom is -0.337 e. The van der Waals surface area contributed by atoms with Crippen LogP contribution in [0.25, 0.3) is 0 Å². The summed E-state index contributed by atoms with van der Waals surface area (Å²) in [5.74, 6) is 0.199. The topological polar surface area (TPSA) is 79.3 Å². The number of thioether (sulfide) groups is 1. The SMILES string of the molecule is CC(=O)SCC1N(C)N=C(OS(=O)(=O)C(F)(F)F)N1C. The van der Waals surface area contributed by atoms with Crippen molar-refractivity contribution >= 4 is 33.0 Å². The van der Waals surface area contributed by atoms with Gasteiger partial charge in [0.15, 0.2) is 5.12 Å². The maximum Gasteiger partial charge on any atom is 0.534 e. The van der Waals surface area contributed by atoms with Gasteiger partial charge in [0.05, 0.1) is 0 Å². The molecule has 1 unspecified atom stereocenters. The van der Waals surface area contributed by atoms with Crippen LogP contribution in [-0.2, 0) is 19.1 Å². The van der Waals surface area contributed by atoms with E-state index in [9.17, 15) is 26.4 Å². The van der Waals surface area contributed by atoms with E-state index >= 15 is 0 Å². The molecule has 0 saturated carbocycles. The maximum atomic E-state index is 12.2. The highest BCUT2D eigenvalue weighted by Crippen LogP contribution is 2.27. The number of nitrogens with zero attached hydrogens (tertiary/aromatic N) is 3. The van der Waals surface area contributed by atoms with E-state index < -0.39 is 27.8 Å². The number of hydrazone groups is 1. The van der Waals surface area contributed by atoms with Gasteiger partial charge in [0, 0.05) is 26.8 Å². The van der Waals surface area contributed by atoms with Crippen molar-refractivity contribution in [3.05, 3.63) is 0 Å². The van der Waals surface area contributed by atoms with E-state index in [0.29, 0.717) is 0 Å². The second-order valence-corrected chi connectivity index (χ2v) is 6.57. The summed E-state index contributed by atoms with van der Waals surface area (Å²) in [5.41, 5.74) is -5.53. The van der Waals surface area contributed by atoms with Crippen molar-refractivity contribution in [2.45, 2.75) is 18.6 Å². The van der Waals surface area contributed by atoms with Crippen molar-refractivity contribution in [2.24, 2.45) is 5.10 Å². The summed E-state index contributed by atoms with van der Waals surface area (Å²) in [4.78, 5) is 12.0. The summed E-state index contributed by atoms with van der Waals surface area (Å²) in [6, 6.07) is -0.695. The van der Waals surface area contributed by atoms with Gasteiger partial charge in [-0.3, -0.25) is 9.80 Å². The fourth-order valence-corrected chi connectivity index (χ4v) is 2.55. The van der Waals surface area contributed by atoms with Crippen molar-refractivity contribution in [3.63, 3.8) is 0 Å². The average molecular weight is 335 g/mol. The molecule has 0 N–H and O–H groups in total. The molecule has 12 heteroatoms. The lowest BCUT2D eigenvalue weighted by atomic mass is 10.5. The quantitative estimate of drug-likeness (QED) is 0.552. The zero-order chi connectivity index (χ0) is 15.7. The van der Waals surface area contributed by atoms with E-state index in [-0.39, 0.29) is 10.9 Å². The molecule has 20 heavy (non-hydrogen) atoms. The van der Waals surface area contributed by atoms with Crippen molar-refractivity contribution in [1.29, 1.82) is 0 Å². The molecule has 7 nitrogen and oxygen atoms in total. The van der Waals surface area contributed by atoms with Crippen LogP contribution in [0.4, 0.5) is 13.2 Å². The number of hydrogen-bond donors (Lipinski definition) is 0. The number of rotatable bonds is 3. The first-order chi connectivity index (χ1) is 8.95. The average Bonchev–Trinajstić information content (AvgIpc) is 2.49. The highest BCUT2D eigenvalue weighted by atomic mass is 32.2. The molecule has 0 aromatic rings. The predicted molar refractivity (Wildman–Crippen MR) is 65.9 cm³/mol. The van der Waals surface area contributed by atoms with Crippen LogP contribution in [0.1, 0.15) is 6.92 Å². The molecule has 0 aromatic heterocycles. The second kappa shape index (κ2) is 5.68. The molecule has 0 amide bonds. The minimum atomic E-state index is -5.77. The van der Waals surface area contributed by atoms with Crippen LogP contribution in [0.5, 0.6) is 0 Å². The maximum absolute atomic E-state index is 12.2. The van der Waals surface area contributed by atoms with Crippen LogP contribution >= 0.6 is 11.8 Å². The third-order valence-corrected chi connectivity index (χ3v) is 4.13. The van der Waals surface area contributed by atoms with Crippen LogP contribution in [0.2, 0.25) is 0 Å². The van der Waals surface area contributed by atoms with Gasteiger partial charge in [0.25, 0.3) is 0 Å². The van der Waals surface area contributed by atoms with E-state index in [1.165, 1.54) is 26.0 Å². The highest BCUT2D eigenvalue weighted by molar-refractivity contribution is 8.13. The Kier molecular flexibility index (Phi) is 4.79. The third-order valence-electron chi connectivity index (χ3n) is 2.33. The summed E-state index contributed by atoms with van der Waals surface area (Å²) in [5, 5.41) is 4.62. The van der Waals surface area contributed by atoms with Gasteiger partial charge in [-0.25, -0.2) is 0 Å². The lowest BCUT2D eigenvalue weighted by Gasteiger charge is -2.25. The molecule has 1 atom stereocenters. The van der Waals surface area contributed by atoms with Gasteiger partial charge in [0.2, 0.25) is 0 Å². The number of carbonyl (C=O) groups excluding carboxylic acids is 1. The molecule has 1 heterocycles. The zero-order valence-corrected chi connectivity index (χ0v) is 12.3. The number of alkyl halides is 3. The normalized spacial score (nSPS) is 20.1. The minimum absolute atomic E-state index is 0.177. The smallest absolute Gasteiger partial charge is 0.337 e. The van der Waals surface area contributed by atoms with Gasteiger partial charge < -0.3 is 9.08 Å². The monoisotopic (exact) mass is 335 g/mol. The van der Waals surface area contributed by atoms with Gasteiger partial charge in [-0.1, -0.05) is 11.8 Å². The fourth-order valence-electron chi connectivity index (χ4n) is 1.28. The van der Waals surface area contributed by atoms with Crippen molar-refractivity contribution in [3.8, 4) is 0 Å². The van der Waals surface area contributed by atoms with Gasteiger partial charge >= 0.3 is 21.6 Å². The first-order valence-corrected chi connectivity index (χ1v) is 7.53. The summed E-state index contributed by atoms with van der Waals surface area (Å²) >= 11 is 0.939. The standard InChI is InChI=1S/C8H12F3N3O4S2/c1-5(15)19-4-6-13(2)7(12-14(6)3)18-20(16,17)8(9,10)11/h6H,4H2,1-3H3. The molecule has 0 aromatic carbocycles. The molecule has 0 fully saturated rings. The molecule has 0 radical (unpaired) electrons. The molecular formula is C8H12F3N3O4S2. The Bertz CT molecular complexity index is 520. The zero-order valence-electron chi connectivity index (χ0n) is 10.7. The van der Waals surface area contributed by atoms with Gasteiger partial charge in [-0.15, -0.1) is 5.10 Å². The van der Waals surface area contributed by atoms with Crippen LogP contribution in [0.15, 0.2) is 5.10 Å². The summed E-state index contributed by atoms with van der Waals surface area (Å²) in [7, 11) is -3.02. The Morgan fingerprint density at radius 2 is 2.00 bits per heavy atom. The largest absolute Gasteiger partial charge is 0.534 e. The molecule has 0 saturated heterocycles. The summed E-state index contributed by atoms with van der Waals surface area (Å²) < 4.78 is 62.4. The number of carbonyl (C=O) groups is 1. The number of amidine groups is 1. The van der Waals surface area contributed by atoms with Gasteiger partial charge in [-0.2, -0.15) is 21.6 Å². The Hall–Kier alpha value is -1.17. The van der Waals surface area contributed by atoms with Crippen molar-refractivity contribution in [1.82, 2.24) is 9.91 Å². The molecule has 1 aliphatic heterocycles. The number of hydrogen-bond acceptors (Lipinski definition) is 8. The molecule has 1 aliphatic rings. The van der Waals surface area contributed by atoms with Crippen LogP contribution in [0.3, 0.4) is 0 Å². The van der Waals surface area contributed by atoms with Crippen molar-refractivity contribution in [2.75, 3.05) is 19.8 Å². The first-order valence-electron chi connectivity index (χ1n) is 5.14. The molecular weight excluding hydrogens is 323 g/mol. The second-order valence-electron chi connectivity index (χ2n) is 3.83. The van der Waals surface area contributed by atoms with Crippen molar-refractivity contribution < 1.29 is 30.6 Å². The van der Waals surface area contributed by atoms with E-state index in [1.807, 2.05) is 0 Å². The molecule has 0 aliphatic carbocycles. The van der Waals surface area contributed by atoms with Gasteiger partial charge in [-0.05, 0) is 0 Å². The first kappa shape index (κ1) is 16.9. The summed E-state index contributed by atoms with van der Waals surface area (Å²) in [6.45, 7) is 1.34. The molecule has 0 spiro atoms. The highest BCUT2D eigenvalue weighted by Gasteiger charge is 2.50. The molecule has 0 bridgehead atoms. The Morgan fingerprint density at radius 1 is 1.45 bits per heavy atom. The van der Waals surface area contributed by atoms with Crippen LogP contribution in [-0.4, -0.2) is 61.0 Å². The van der Waals surface area contributed by atoms with E-state index in [0.717, 1.165) is 16.7 Å². The van der Waals surface area contributed by atoms with E-state index in [4.69, 9.17) is 0 Å². The van der Waals surface area contributed by atoms with E-state index in [1.54, 1.807) is 0 Å². The molecule has 1 rings (SSSR count). The lowest BCUT2D eigenvalue weighted by molar-refractivity contribution is -0.109. The van der Waals surface area contributed by atoms with Crippen LogP contribution in [0, 0.1) is 0 Å². The van der Waals surface area contributed by atoms with Gasteiger partial charge in [0.1, 0.15) is 6.17 Å². The third kappa shape index (κ3) is 3.69. The lowest BCUT2D eigenvalue weighted by Crippen LogP contribution is -2.42. The van der Waals surface area contributed by atoms with Crippen LogP contribution < -0.4 is 0 Å². The Morgan fingerprint density at radius 3 is 2.45 bits per heavy atom. The predicted octanol–water partition coefficient (Wildman–Crippen LogP) is 0.607. The Balaban J connectivity index is 2.80. The van der Waals surface area contributed by atoms with E-state index in [2.05, 4.69) is 9.28 Å². The molecule has 116 valence electrons.